The van der Waals surface area contributed by atoms with Crippen molar-refractivity contribution in [2.45, 2.75) is 18.7 Å². The van der Waals surface area contributed by atoms with Crippen LogP contribution in [0, 0.1) is 6.92 Å². The average Bonchev–Trinajstić information content (AvgIpc) is 2.53. The van der Waals surface area contributed by atoms with Crippen molar-refractivity contribution in [3.8, 4) is 5.75 Å². The molecule has 6 heteroatoms. The third-order valence-electron chi connectivity index (χ3n) is 3.14. The maximum atomic E-state index is 12.3. The molecule has 0 aliphatic carbocycles. The number of ether oxygens (including phenoxy) is 2. The SMILES string of the molecule is CCOCCOc1ccc(NS(=O)(=O)c2ccc(C)cc2)cc1. The molecule has 0 aliphatic heterocycles. The van der Waals surface area contributed by atoms with Gasteiger partial charge < -0.3 is 9.47 Å². The minimum absolute atomic E-state index is 0.236. The van der Waals surface area contributed by atoms with Gasteiger partial charge in [-0.25, -0.2) is 8.42 Å². The number of nitrogens with one attached hydrogen (secondary N) is 1. The van der Waals surface area contributed by atoms with Crippen molar-refractivity contribution in [3.05, 3.63) is 54.1 Å². The molecule has 0 heterocycles. The van der Waals surface area contributed by atoms with E-state index >= 15 is 0 Å². The van der Waals surface area contributed by atoms with Crippen molar-refractivity contribution in [1.82, 2.24) is 0 Å². The first kappa shape index (κ1) is 17.3. The summed E-state index contributed by atoms with van der Waals surface area (Å²) < 4.78 is 37.8. The molecule has 0 saturated carbocycles. The van der Waals surface area contributed by atoms with Crippen LogP contribution >= 0.6 is 0 Å². The van der Waals surface area contributed by atoms with E-state index in [9.17, 15) is 8.42 Å². The van der Waals surface area contributed by atoms with E-state index in [-0.39, 0.29) is 4.90 Å². The molecule has 124 valence electrons. The predicted octanol–water partition coefficient (Wildman–Crippen LogP) is 3.21. The van der Waals surface area contributed by atoms with Crippen LogP contribution in [0.1, 0.15) is 12.5 Å². The van der Waals surface area contributed by atoms with E-state index in [1.54, 1.807) is 48.5 Å². The zero-order valence-electron chi connectivity index (χ0n) is 13.3. The Bertz CT molecular complexity index is 709. The predicted molar refractivity (Wildman–Crippen MR) is 90.4 cm³/mol. The molecule has 0 unspecified atom stereocenters. The first-order valence-electron chi connectivity index (χ1n) is 7.41. The van der Waals surface area contributed by atoms with E-state index in [0.29, 0.717) is 31.3 Å². The Labute approximate surface area is 137 Å². The Kier molecular flexibility index (Phi) is 6.01. The average molecular weight is 335 g/mol. The molecule has 0 radical (unpaired) electrons. The van der Waals surface area contributed by atoms with Gasteiger partial charge in [0.1, 0.15) is 12.4 Å². The quantitative estimate of drug-likeness (QED) is 0.752. The lowest BCUT2D eigenvalue weighted by Crippen LogP contribution is -2.12. The molecule has 2 aromatic rings. The summed E-state index contributed by atoms with van der Waals surface area (Å²) in [4.78, 5) is 0.236. The maximum Gasteiger partial charge on any atom is 0.261 e. The lowest BCUT2D eigenvalue weighted by Gasteiger charge is -2.10. The van der Waals surface area contributed by atoms with Gasteiger partial charge in [-0.05, 0) is 50.2 Å². The molecule has 0 aliphatic rings. The second-order valence-electron chi connectivity index (χ2n) is 4.99. The van der Waals surface area contributed by atoms with E-state index in [2.05, 4.69) is 4.72 Å². The molecule has 2 rings (SSSR count). The maximum absolute atomic E-state index is 12.3. The summed E-state index contributed by atoms with van der Waals surface area (Å²) in [6.07, 6.45) is 0. The number of hydrogen-bond acceptors (Lipinski definition) is 4. The number of sulfonamides is 1. The Hall–Kier alpha value is -2.05. The third kappa shape index (κ3) is 5.26. The number of benzene rings is 2. The molecule has 0 atom stereocenters. The van der Waals surface area contributed by atoms with Crippen molar-refractivity contribution in [1.29, 1.82) is 0 Å². The summed E-state index contributed by atoms with van der Waals surface area (Å²) in [5, 5.41) is 0. The topological polar surface area (TPSA) is 64.6 Å². The van der Waals surface area contributed by atoms with Crippen LogP contribution in [0.25, 0.3) is 0 Å². The van der Waals surface area contributed by atoms with Gasteiger partial charge in [-0.1, -0.05) is 17.7 Å². The smallest absolute Gasteiger partial charge is 0.261 e. The number of aryl methyl sites for hydroxylation is 1. The molecule has 2 aromatic carbocycles. The minimum atomic E-state index is -3.58. The Morgan fingerprint density at radius 1 is 0.957 bits per heavy atom. The number of anilines is 1. The van der Waals surface area contributed by atoms with Gasteiger partial charge in [0.15, 0.2) is 0 Å². The molecular formula is C17H21NO4S. The lowest BCUT2D eigenvalue weighted by molar-refractivity contribution is 0.110. The van der Waals surface area contributed by atoms with Crippen LogP contribution < -0.4 is 9.46 Å². The molecule has 0 saturated heterocycles. The minimum Gasteiger partial charge on any atom is -0.491 e. The van der Waals surface area contributed by atoms with Gasteiger partial charge in [0, 0.05) is 12.3 Å². The summed E-state index contributed by atoms with van der Waals surface area (Å²) in [5.74, 6) is 0.669. The number of rotatable bonds is 8. The van der Waals surface area contributed by atoms with Gasteiger partial charge in [0.25, 0.3) is 10.0 Å². The normalized spacial score (nSPS) is 11.2. The van der Waals surface area contributed by atoms with E-state index in [1.165, 1.54) is 0 Å². The second-order valence-corrected chi connectivity index (χ2v) is 6.67. The molecule has 1 N–H and O–H groups in total. The Morgan fingerprint density at radius 2 is 1.61 bits per heavy atom. The van der Waals surface area contributed by atoms with Crippen LogP contribution in [-0.4, -0.2) is 28.2 Å². The van der Waals surface area contributed by atoms with Crippen molar-refractivity contribution >= 4 is 15.7 Å². The van der Waals surface area contributed by atoms with E-state index < -0.39 is 10.0 Å². The highest BCUT2D eigenvalue weighted by Crippen LogP contribution is 2.19. The fourth-order valence-electron chi connectivity index (χ4n) is 1.91. The van der Waals surface area contributed by atoms with Crippen molar-refractivity contribution in [2.24, 2.45) is 0 Å². The van der Waals surface area contributed by atoms with Gasteiger partial charge in [0.2, 0.25) is 0 Å². The van der Waals surface area contributed by atoms with Crippen LogP contribution in [0.3, 0.4) is 0 Å². The first-order valence-corrected chi connectivity index (χ1v) is 8.89. The van der Waals surface area contributed by atoms with E-state index in [0.717, 1.165) is 5.56 Å². The molecule has 0 spiro atoms. The van der Waals surface area contributed by atoms with Crippen LogP contribution in [0.15, 0.2) is 53.4 Å². The molecule has 0 aromatic heterocycles. The molecule has 23 heavy (non-hydrogen) atoms. The Morgan fingerprint density at radius 3 is 2.22 bits per heavy atom. The molecule has 0 amide bonds. The highest BCUT2D eigenvalue weighted by molar-refractivity contribution is 7.92. The highest BCUT2D eigenvalue weighted by Gasteiger charge is 2.13. The Balaban J connectivity index is 1.98. The lowest BCUT2D eigenvalue weighted by atomic mass is 10.2. The van der Waals surface area contributed by atoms with Crippen LogP contribution in [0.5, 0.6) is 5.75 Å². The fourth-order valence-corrected chi connectivity index (χ4v) is 2.97. The zero-order valence-corrected chi connectivity index (χ0v) is 14.1. The van der Waals surface area contributed by atoms with Gasteiger partial charge in [-0.2, -0.15) is 0 Å². The van der Waals surface area contributed by atoms with E-state index in [1.807, 2.05) is 13.8 Å². The first-order chi connectivity index (χ1) is 11.0. The summed E-state index contributed by atoms with van der Waals surface area (Å²) in [6.45, 7) is 5.48. The zero-order chi connectivity index (χ0) is 16.7. The molecular weight excluding hydrogens is 314 g/mol. The van der Waals surface area contributed by atoms with Crippen molar-refractivity contribution < 1.29 is 17.9 Å². The van der Waals surface area contributed by atoms with Crippen LogP contribution in [-0.2, 0) is 14.8 Å². The number of hydrogen-bond donors (Lipinski definition) is 1. The molecule has 5 nitrogen and oxygen atoms in total. The second kappa shape index (κ2) is 7.99. The molecule has 0 bridgehead atoms. The monoisotopic (exact) mass is 335 g/mol. The summed E-state index contributed by atoms with van der Waals surface area (Å²) >= 11 is 0. The van der Waals surface area contributed by atoms with Gasteiger partial charge in [-0.15, -0.1) is 0 Å². The standard InChI is InChI=1S/C17H21NO4S/c1-3-21-12-13-22-16-8-6-15(7-9-16)18-23(19,20)17-10-4-14(2)5-11-17/h4-11,18H,3,12-13H2,1-2H3. The van der Waals surface area contributed by atoms with Gasteiger partial charge >= 0.3 is 0 Å². The van der Waals surface area contributed by atoms with Crippen molar-refractivity contribution in [2.75, 3.05) is 24.5 Å². The third-order valence-corrected chi connectivity index (χ3v) is 4.54. The molecule has 0 fully saturated rings. The highest BCUT2D eigenvalue weighted by atomic mass is 32.2. The van der Waals surface area contributed by atoms with Gasteiger partial charge in [0.05, 0.1) is 11.5 Å². The van der Waals surface area contributed by atoms with Crippen molar-refractivity contribution in [3.63, 3.8) is 0 Å². The van der Waals surface area contributed by atoms with E-state index in [4.69, 9.17) is 9.47 Å². The van der Waals surface area contributed by atoms with Crippen LogP contribution in [0.2, 0.25) is 0 Å². The van der Waals surface area contributed by atoms with Gasteiger partial charge in [-0.3, -0.25) is 4.72 Å². The van der Waals surface area contributed by atoms with Crippen LogP contribution in [0.4, 0.5) is 5.69 Å². The summed E-state index contributed by atoms with van der Waals surface area (Å²) in [7, 11) is -3.58. The fraction of sp³-hybridized carbons (Fsp3) is 0.294. The largest absolute Gasteiger partial charge is 0.491 e. The summed E-state index contributed by atoms with van der Waals surface area (Å²) in [6, 6.07) is 13.5. The summed E-state index contributed by atoms with van der Waals surface area (Å²) in [5.41, 5.74) is 1.50.